The van der Waals surface area contributed by atoms with Crippen molar-refractivity contribution in [3.05, 3.63) is 77.9 Å². The van der Waals surface area contributed by atoms with E-state index in [9.17, 15) is 14.4 Å². The van der Waals surface area contributed by atoms with Crippen molar-refractivity contribution in [3.63, 3.8) is 0 Å². The lowest BCUT2D eigenvalue weighted by Gasteiger charge is -2.47. The smallest absolute Gasteiger partial charge is 0.435 e. The van der Waals surface area contributed by atoms with Gasteiger partial charge in [-0.15, -0.1) is 0 Å². The first-order valence-corrected chi connectivity index (χ1v) is 21.1. The molecule has 0 aliphatic carbocycles. The average Bonchev–Trinajstić information content (AvgIpc) is 3.79. The van der Waals surface area contributed by atoms with Gasteiger partial charge in [0.25, 0.3) is 5.91 Å². The molecule has 2 aliphatic heterocycles. The molecule has 324 valence electrons. The van der Waals surface area contributed by atoms with E-state index in [0.717, 1.165) is 66.0 Å². The number of nitrogens with one attached hydrogen (secondary N) is 2. The number of anilines is 2. The van der Waals surface area contributed by atoms with Crippen molar-refractivity contribution < 1.29 is 32.7 Å². The molecule has 1 aromatic carbocycles. The second-order valence-electron chi connectivity index (χ2n) is 18.7. The predicted octanol–water partition coefficient (Wildman–Crippen LogP) is 7.64. The maximum Gasteiger partial charge on any atom is 0.435 e. The molecule has 6 heterocycles. The summed E-state index contributed by atoms with van der Waals surface area (Å²) in [5.41, 5.74) is 3.61. The normalized spacial score (nSPS) is 18.5. The van der Waals surface area contributed by atoms with Crippen LogP contribution >= 0.6 is 0 Å². The first kappa shape index (κ1) is 43.2. The highest BCUT2D eigenvalue weighted by Crippen LogP contribution is 2.31. The number of carbonyl (C=O) groups is 3. The van der Waals surface area contributed by atoms with Crippen LogP contribution < -0.4 is 10.6 Å². The number of likely N-dealkylation sites (tertiary alicyclic amines) is 2. The highest BCUT2D eigenvalue weighted by atomic mass is 19.1. The molecule has 5 aromatic rings. The van der Waals surface area contributed by atoms with E-state index in [2.05, 4.69) is 37.7 Å². The Bertz CT molecular complexity index is 2430. The number of fused-ring (bicyclic) bond motifs is 1. The van der Waals surface area contributed by atoms with E-state index in [1.165, 1.54) is 6.20 Å². The molecule has 7 rings (SSSR count). The van der Waals surface area contributed by atoms with Crippen LogP contribution in [-0.4, -0.2) is 114 Å². The molecule has 61 heavy (non-hydrogen) atoms. The zero-order valence-corrected chi connectivity index (χ0v) is 36.7. The standard InChI is InChI=1S/C45H57FN10O5/c1-10-31-21-32(11-12-33(31)41(57)49-22-29-15-19-56(9,20-16-29)27-30-24-53(25-30)42(58)60-44(3,4)5)50-39-40-48-23-37(54(40)18-17-47-39)34-13-14-36(51-38(34)46)35-26-55(52-28(35)2)43(59)61-45(6,7)8/h11-14,17-18,21,23,26,29-30H,10,15-16,19-20,22,24-25,27H2,1-9H3,(H-,47,49,50,57)/p+1. The number of benzene rings is 1. The Hall–Kier alpha value is -5.90. The number of carbonyl (C=O) groups excluding carboxylic acids is 3. The summed E-state index contributed by atoms with van der Waals surface area (Å²) in [4.78, 5) is 53.6. The number of ether oxygens (including phenoxy) is 2. The summed E-state index contributed by atoms with van der Waals surface area (Å²) in [5, 5.41) is 10.8. The Morgan fingerprint density at radius 2 is 1.64 bits per heavy atom. The number of halogens is 1. The number of quaternary nitrogens is 1. The molecule has 0 saturated carbocycles. The number of aromatic nitrogens is 6. The van der Waals surface area contributed by atoms with E-state index < -0.39 is 23.2 Å². The van der Waals surface area contributed by atoms with E-state index in [-0.39, 0.29) is 17.6 Å². The van der Waals surface area contributed by atoms with Gasteiger partial charge in [0.1, 0.15) is 11.2 Å². The van der Waals surface area contributed by atoms with Gasteiger partial charge in [0.15, 0.2) is 11.5 Å². The van der Waals surface area contributed by atoms with Gasteiger partial charge in [0.2, 0.25) is 5.95 Å². The van der Waals surface area contributed by atoms with E-state index >= 15 is 4.39 Å². The molecule has 0 bridgehead atoms. The van der Waals surface area contributed by atoms with Gasteiger partial charge in [0, 0.05) is 73.8 Å². The molecule has 2 amide bonds. The molecule has 15 nitrogen and oxygen atoms in total. The van der Waals surface area contributed by atoms with Crippen molar-refractivity contribution in [3.8, 4) is 22.5 Å². The van der Waals surface area contributed by atoms with Crippen molar-refractivity contribution in [2.24, 2.45) is 11.8 Å². The van der Waals surface area contributed by atoms with Crippen molar-refractivity contribution >= 4 is 35.2 Å². The largest absolute Gasteiger partial charge is 0.444 e. The number of amides is 2. The van der Waals surface area contributed by atoms with Gasteiger partial charge in [-0.2, -0.15) is 14.2 Å². The lowest BCUT2D eigenvalue weighted by molar-refractivity contribution is -0.918. The number of hydrogen-bond donors (Lipinski definition) is 2. The number of aryl methyl sites for hydroxylation is 2. The second kappa shape index (κ2) is 16.9. The molecule has 0 atom stereocenters. The third kappa shape index (κ3) is 10.0. The number of hydrogen-bond acceptors (Lipinski definition) is 10. The Kier molecular flexibility index (Phi) is 11.9. The van der Waals surface area contributed by atoms with Crippen LogP contribution in [0.4, 0.5) is 25.5 Å². The first-order valence-electron chi connectivity index (χ1n) is 21.1. The van der Waals surface area contributed by atoms with Gasteiger partial charge in [-0.05, 0) is 96.7 Å². The molecule has 0 unspecified atom stereocenters. The topological polar surface area (TPSA) is 158 Å². The van der Waals surface area contributed by atoms with Crippen LogP contribution in [0.1, 0.15) is 82.9 Å². The second-order valence-corrected chi connectivity index (χ2v) is 18.7. The van der Waals surface area contributed by atoms with Crippen LogP contribution in [0, 0.1) is 24.7 Å². The monoisotopic (exact) mass is 837 g/mol. The minimum atomic E-state index is -0.712. The molecular weight excluding hydrogens is 780 g/mol. The number of pyridine rings is 1. The summed E-state index contributed by atoms with van der Waals surface area (Å²) in [6.45, 7) is 20.0. The molecule has 2 saturated heterocycles. The maximum atomic E-state index is 15.7. The van der Waals surface area contributed by atoms with E-state index in [0.29, 0.717) is 64.5 Å². The SMILES string of the molecule is CCc1cc(Nc2nccn3c(-c4ccc(-c5cn(C(=O)OC(C)(C)C)nc5C)nc4F)cnc23)ccc1C(=O)NCC1CC[N+](C)(CC2CN(C(=O)OC(C)(C)C)C2)CC1. The van der Waals surface area contributed by atoms with Crippen LogP contribution in [0.3, 0.4) is 0 Å². The summed E-state index contributed by atoms with van der Waals surface area (Å²) < 4.78 is 30.5. The molecule has 2 aliphatic rings. The summed E-state index contributed by atoms with van der Waals surface area (Å²) in [5.74, 6) is 0.554. The molecule has 0 spiro atoms. The number of piperidine rings is 1. The van der Waals surface area contributed by atoms with Crippen molar-refractivity contribution in [2.45, 2.75) is 85.9 Å². The highest BCUT2D eigenvalue weighted by molar-refractivity contribution is 5.96. The van der Waals surface area contributed by atoms with Crippen molar-refractivity contribution in [2.75, 3.05) is 51.6 Å². The molecule has 0 radical (unpaired) electrons. The fourth-order valence-electron chi connectivity index (χ4n) is 8.17. The van der Waals surface area contributed by atoms with Crippen LogP contribution in [0.2, 0.25) is 0 Å². The quantitative estimate of drug-likeness (QED) is 0.106. The lowest BCUT2D eigenvalue weighted by Crippen LogP contribution is -2.60. The van der Waals surface area contributed by atoms with E-state index in [4.69, 9.17) is 9.47 Å². The fraction of sp³-hybridized carbons (Fsp3) is 0.489. The molecule has 4 aromatic heterocycles. The molecular formula is C45H58FN10O5+. The van der Waals surface area contributed by atoms with Gasteiger partial charge in [-0.1, -0.05) is 6.92 Å². The van der Waals surface area contributed by atoms with Crippen molar-refractivity contribution in [1.29, 1.82) is 0 Å². The van der Waals surface area contributed by atoms with Crippen LogP contribution in [0.5, 0.6) is 0 Å². The van der Waals surface area contributed by atoms with E-state index in [1.54, 1.807) is 67.7 Å². The van der Waals surface area contributed by atoms with Gasteiger partial charge in [-0.3, -0.25) is 9.20 Å². The summed E-state index contributed by atoms with van der Waals surface area (Å²) in [7, 11) is 2.31. The Morgan fingerprint density at radius 1 is 0.934 bits per heavy atom. The van der Waals surface area contributed by atoms with Gasteiger partial charge in [0.05, 0.1) is 55.5 Å². The van der Waals surface area contributed by atoms with Crippen LogP contribution in [0.15, 0.2) is 55.1 Å². The summed E-state index contributed by atoms with van der Waals surface area (Å²) >= 11 is 0. The Labute approximate surface area is 356 Å². The third-order valence-corrected chi connectivity index (χ3v) is 11.3. The fourth-order valence-corrected chi connectivity index (χ4v) is 8.17. The van der Waals surface area contributed by atoms with Gasteiger partial charge < -0.3 is 29.5 Å². The van der Waals surface area contributed by atoms with E-state index in [1.807, 2.05) is 45.9 Å². The maximum absolute atomic E-state index is 15.7. The molecule has 2 fully saturated rings. The van der Waals surface area contributed by atoms with Crippen LogP contribution in [0.25, 0.3) is 28.2 Å². The minimum absolute atomic E-state index is 0.0882. The average molecular weight is 838 g/mol. The van der Waals surface area contributed by atoms with Crippen LogP contribution in [-0.2, 0) is 15.9 Å². The van der Waals surface area contributed by atoms with Gasteiger partial charge >= 0.3 is 12.2 Å². The first-order chi connectivity index (χ1) is 28.8. The number of rotatable bonds is 10. The zero-order chi connectivity index (χ0) is 43.9. The predicted molar refractivity (Wildman–Crippen MR) is 230 cm³/mol. The highest BCUT2D eigenvalue weighted by Gasteiger charge is 2.40. The minimum Gasteiger partial charge on any atom is -0.444 e. The third-order valence-electron chi connectivity index (χ3n) is 11.3. The Balaban J connectivity index is 0.952. The number of nitrogens with zero attached hydrogens (tertiary/aromatic N) is 8. The molecule has 16 heteroatoms. The number of imidazole rings is 1. The summed E-state index contributed by atoms with van der Waals surface area (Å²) in [6.07, 6.45) is 8.23. The lowest BCUT2D eigenvalue weighted by atomic mass is 9.92. The van der Waals surface area contributed by atoms with Crippen molar-refractivity contribution in [1.82, 2.24) is 39.3 Å². The zero-order valence-electron chi connectivity index (χ0n) is 36.7. The Morgan fingerprint density at radius 3 is 2.31 bits per heavy atom. The molecule has 2 N–H and O–H groups in total. The summed E-state index contributed by atoms with van der Waals surface area (Å²) in [6, 6.07) is 8.94. The van der Waals surface area contributed by atoms with Gasteiger partial charge in [-0.25, -0.2) is 24.5 Å².